The van der Waals surface area contributed by atoms with Crippen LogP contribution in [0.2, 0.25) is 5.02 Å². The molecule has 0 spiro atoms. The molecule has 0 fully saturated rings. The number of benzene rings is 2. The van der Waals surface area contributed by atoms with Gasteiger partial charge in [0.2, 0.25) is 0 Å². The van der Waals surface area contributed by atoms with Crippen molar-refractivity contribution in [3.8, 4) is 0 Å². The van der Waals surface area contributed by atoms with E-state index in [0.717, 1.165) is 11.1 Å². The Morgan fingerprint density at radius 3 is 2.57 bits per heavy atom. The van der Waals surface area contributed by atoms with E-state index in [9.17, 15) is 14.4 Å². The van der Waals surface area contributed by atoms with Gasteiger partial charge < -0.3 is 19.4 Å². The monoisotopic (exact) mass is 428 g/mol. The molecule has 7 nitrogen and oxygen atoms in total. The Morgan fingerprint density at radius 2 is 1.87 bits per heavy atom. The van der Waals surface area contributed by atoms with E-state index in [1.807, 2.05) is 19.9 Å². The van der Waals surface area contributed by atoms with Gasteiger partial charge in [-0.05, 0) is 37.1 Å². The Balaban J connectivity index is 1.65. The zero-order valence-electron chi connectivity index (χ0n) is 16.8. The summed E-state index contributed by atoms with van der Waals surface area (Å²) in [5.74, 6) is -1.61. The normalized spacial score (nSPS) is 10.7. The minimum absolute atomic E-state index is 0.158. The molecule has 2 aromatic carbocycles. The molecule has 156 valence electrons. The molecule has 1 aromatic heterocycles. The Kier molecular flexibility index (Phi) is 6.42. The second kappa shape index (κ2) is 9.00. The van der Waals surface area contributed by atoms with Crippen LogP contribution in [-0.4, -0.2) is 36.1 Å². The number of methoxy groups -OCH3 is 1. The first-order valence-electron chi connectivity index (χ1n) is 9.18. The number of fused-ring (bicyclic) bond motifs is 1. The van der Waals surface area contributed by atoms with Gasteiger partial charge in [0.25, 0.3) is 5.91 Å². The van der Waals surface area contributed by atoms with Gasteiger partial charge in [-0.2, -0.15) is 0 Å². The fraction of sp³-hybridized carbons (Fsp3) is 0.227. The van der Waals surface area contributed by atoms with Crippen LogP contribution in [0.25, 0.3) is 10.9 Å². The van der Waals surface area contributed by atoms with Crippen molar-refractivity contribution in [1.29, 1.82) is 0 Å². The number of aromatic nitrogens is 1. The first-order valence-corrected chi connectivity index (χ1v) is 9.56. The minimum Gasteiger partial charge on any atom is -0.465 e. The molecular formula is C22H21ClN2O5. The number of amides is 1. The fourth-order valence-electron chi connectivity index (χ4n) is 3.23. The van der Waals surface area contributed by atoms with E-state index in [0.29, 0.717) is 27.2 Å². The van der Waals surface area contributed by atoms with Gasteiger partial charge in [-0.25, -0.2) is 4.79 Å². The summed E-state index contributed by atoms with van der Waals surface area (Å²) in [5, 5.41) is 3.75. The van der Waals surface area contributed by atoms with Crippen LogP contribution in [0.15, 0.2) is 42.6 Å². The van der Waals surface area contributed by atoms with Crippen molar-refractivity contribution in [2.45, 2.75) is 20.4 Å². The molecule has 1 heterocycles. The zero-order chi connectivity index (χ0) is 21.8. The number of halogens is 1. The number of hydrogen-bond donors (Lipinski definition) is 1. The predicted molar refractivity (Wildman–Crippen MR) is 114 cm³/mol. The van der Waals surface area contributed by atoms with Crippen LogP contribution in [0.4, 0.5) is 5.69 Å². The third-order valence-electron chi connectivity index (χ3n) is 4.55. The molecule has 0 saturated heterocycles. The number of ether oxygens (including phenoxy) is 2. The maximum atomic E-state index is 12.3. The number of anilines is 1. The SMILES string of the molecule is COC(=O)c1cn(CC(=O)OCC(=O)Nc2c(C)cc(C)cc2Cl)c2ccccc12. The number of nitrogens with one attached hydrogen (secondary N) is 1. The molecule has 0 atom stereocenters. The second-order valence-electron chi connectivity index (χ2n) is 6.83. The Bertz CT molecular complexity index is 1110. The number of aryl methyl sites for hydroxylation is 2. The van der Waals surface area contributed by atoms with Gasteiger partial charge in [-0.15, -0.1) is 0 Å². The number of nitrogens with zero attached hydrogens (tertiary/aromatic N) is 1. The topological polar surface area (TPSA) is 86.6 Å². The van der Waals surface area contributed by atoms with E-state index >= 15 is 0 Å². The van der Waals surface area contributed by atoms with Crippen LogP contribution in [-0.2, 0) is 25.6 Å². The lowest BCUT2D eigenvalue weighted by molar-refractivity contribution is -0.147. The Labute approximate surface area is 178 Å². The molecular weight excluding hydrogens is 408 g/mol. The van der Waals surface area contributed by atoms with E-state index in [2.05, 4.69) is 5.32 Å². The summed E-state index contributed by atoms with van der Waals surface area (Å²) in [6.07, 6.45) is 1.53. The maximum absolute atomic E-state index is 12.3. The molecule has 0 radical (unpaired) electrons. The predicted octanol–water partition coefficient (Wildman–Crippen LogP) is 3.88. The smallest absolute Gasteiger partial charge is 0.340 e. The average molecular weight is 429 g/mol. The molecule has 1 N–H and O–H groups in total. The molecule has 0 unspecified atom stereocenters. The molecule has 8 heteroatoms. The van der Waals surface area contributed by atoms with Crippen molar-refractivity contribution in [3.63, 3.8) is 0 Å². The molecule has 0 aliphatic carbocycles. The van der Waals surface area contributed by atoms with Crippen LogP contribution in [0.1, 0.15) is 21.5 Å². The van der Waals surface area contributed by atoms with Crippen LogP contribution < -0.4 is 5.32 Å². The number of carbonyl (C=O) groups excluding carboxylic acids is 3. The molecule has 1 amide bonds. The van der Waals surface area contributed by atoms with Gasteiger partial charge >= 0.3 is 11.9 Å². The summed E-state index contributed by atoms with van der Waals surface area (Å²) in [4.78, 5) is 36.4. The number of para-hydroxylation sites is 1. The fourth-order valence-corrected chi connectivity index (χ4v) is 3.60. The minimum atomic E-state index is -0.617. The molecule has 3 rings (SSSR count). The van der Waals surface area contributed by atoms with Crippen molar-refractivity contribution >= 4 is 46.0 Å². The molecule has 30 heavy (non-hydrogen) atoms. The summed E-state index contributed by atoms with van der Waals surface area (Å²) in [7, 11) is 1.29. The average Bonchev–Trinajstić information content (AvgIpc) is 3.07. The second-order valence-corrected chi connectivity index (χ2v) is 7.23. The van der Waals surface area contributed by atoms with Crippen molar-refractivity contribution < 1.29 is 23.9 Å². The standard InChI is InChI=1S/C22H21ClN2O5/c1-13-8-14(2)21(17(23)9-13)24-19(26)12-30-20(27)11-25-10-16(22(28)29-3)15-6-4-5-7-18(15)25/h4-10H,11-12H2,1-3H3,(H,24,26). The van der Waals surface area contributed by atoms with E-state index in [1.165, 1.54) is 13.3 Å². The van der Waals surface area contributed by atoms with Crippen LogP contribution in [0, 0.1) is 13.8 Å². The van der Waals surface area contributed by atoms with Crippen LogP contribution in [0.3, 0.4) is 0 Å². The van der Waals surface area contributed by atoms with E-state index in [-0.39, 0.29) is 6.54 Å². The Morgan fingerprint density at radius 1 is 1.13 bits per heavy atom. The van der Waals surface area contributed by atoms with Crippen molar-refractivity contribution in [2.75, 3.05) is 19.0 Å². The first kappa shape index (κ1) is 21.4. The highest BCUT2D eigenvalue weighted by molar-refractivity contribution is 6.34. The van der Waals surface area contributed by atoms with Crippen molar-refractivity contribution in [2.24, 2.45) is 0 Å². The van der Waals surface area contributed by atoms with E-state index in [4.69, 9.17) is 21.1 Å². The van der Waals surface area contributed by atoms with Gasteiger partial charge in [0.15, 0.2) is 6.61 Å². The lowest BCUT2D eigenvalue weighted by atomic mass is 10.1. The molecule has 3 aromatic rings. The molecule has 0 aliphatic rings. The lowest BCUT2D eigenvalue weighted by Gasteiger charge is -2.12. The number of esters is 2. The number of carbonyl (C=O) groups is 3. The van der Waals surface area contributed by atoms with Crippen LogP contribution >= 0.6 is 11.6 Å². The quantitative estimate of drug-likeness (QED) is 0.602. The van der Waals surface area contributed by atoms with Gasteiger partial charge in [0, 0.05) is 17.1 Å². The van der Waals surface area contributed by atoms with Gasteiger partial charge in [-0.3, -0.25) is 9.59 Å². The van der Waals surface area contributed by atoms with Crippen molar-refractivity contribution in [1.82, 2.24) is 4.57 Å². The summed E-state index contributed by atoms with van der Waals surface area (Å²) in [6.45, 7) is 3.13. The third kappa shape index (κ3) is 4.63. The summed E-state index contributed by atoms with van der Waals surface area (Å²) >= 11 is 6.18. The van der Waals surface area contributed by atoms with Gasteiger partial charge in [0.1, 0.15) is 6.54 Å². The first-order chi connectivity index (χ1) is 14.3. The maximum Gasteiger partial charge on any atom is 0.340 e. The van der Waals surface area contributed by atoms with Crippen molar-refractivity contribution in [3.05, 3.63) is 64.3 Å². The zero-order valence-corrected chi connectivity index (χ0v) is 17.6. The Hall–Kier alpha value is -3.32. The van der Waals surface area contributed by atoms with E-state index < -0.39 is 24.5 Å². The van der Waals surface area contributed by atoms with Gasteiger partial charge in [-0.1, -0.05) is 35.9 Å². The van der Waals surface area contributed by atoms with Crippen LogP contribution in [0.5, 0.6) is 0 Å². The highest BCUT2D eigenvalue weighted by Crippen LogP contribution is 2.27. The number of hydrogen-bond acceptors (Lipinski definition) is 5. The number of rotatable bonds is 6. The molecule has 0 aliphatic heterocycles. The third-order valence-corrected chi connectivity index (χ3v) is 4.85. The summed E-state index contributed by atoms with van der Waals surface area (Å²) < 4.78 is 11.5. The molecule has 0 saturated carbocycles. The van der Waals surface area contributed by atoms with E-state index in [1.54, 1.807) is 34.9 Å². The lowest BCUT2D eigenvalue weighted by Crippen LogP contribution is -2.23. The summed E-state index contributed by atoms with van der Waals surface area (Å²) in [6, 6.07) is 10.8. The highest BCUT2D eigenvalue weighted by Gasteiger charge is 2.18. The largest absolute Gasteiger partial charge is 0.465 e. The van der Waals surface area contributed by atoms with Gasteiger partial charge in [0.05, 0.1) is 23.4 Å². The summed E-state index contributed by atoms with van der Waals surface area (Å²) in [5.41, 5.74) is 3.31. The molecule has 0 bridgehead atoms. The highest BCUT2D eigenvalue weighted by atomic mass is 35.5.